The van der Waals surface area contributed by atoms with Gasteiger partial charge in [-0.1, -0.05) is 36.4 Å². The molecule has 2 atom stereocenters. The Balaban J connectivity index is 1.80. The van der Waals surface area contributed by atoms with Gasteiger partial charge < -0.3 is 14.2 Å². The highest BCUT2D eigenvalue weighted by Gasteiger charge is 2.75. The van der Waals surface area contributed by atoms with Gasteiger partial charge in [0.15, 0.2) is 10.8 Å². The zero-order chi connectivity index (χ0) is 23.9. The Kier molecular flexibility index (Phi) is 7.00. The van der Waals surface area contributed by atoms with Gasteiger partial charge in [0.1, 0.15) is 11.5 Å². The van der Waals surface area contributed by atoms with Crippen LogP contribution in [0.15, 0.2) is 54.6 Å². The highest BCUT2D eigenvalue weighted by Crippen LogP contribution is 2.68. The molecule has 0 radical (unpaired) electrons. The quantitative estimate of drug-likeness (QED) is 0.565. The lowest BCUT2D eigenvalue weighted by Gasteiger charge is -2.55. The van der Waals surface area contributed by atoms with Crippen LogP contribution < -0.4 is 9.47 Å². The number of rotatable bonds is 8. The summed E-state index contributed by atoms with van der Waals surface area (Å²) >= 11 is 0. The lowest BCUT2D eigenvalue weighted by molar-refractivity contribution is -0.0565. The molecule has 164 valence electrons. The van der Waals surface area contributed by atoms with Crippen molar-refractivity contribution in [1.82, 2.24) is 0 Å². The Bertz CT molecular complexity index is 1150. The van der Waals surface area contributed by atoms with Crippen molar-refractivity contribution in [3.63, 3.8) is 0 Å². The van der Waals surface area contributed by atoms with E-state index in [1.165, 1.54) is 0 Å². The van der Waals surface area contributed by atoms with E-state index < -0.39 is 22.7 Å². The molecule has 2 aromatic rings. The molecule has 0 saturated heterocycles. The largest absolute Gasteiger partial charge is 0.497 e. The molecule has 7 heteroatoms. The SMILES string of the molecule is COc1ccc(/C=C/COC[C@@H]2[C@@H](c3ccc(OC)cc3)C(C#N)(C#N)C2(C#N)C#N)cc1. The molecule has 33 heavy (non-hydrogen) atoms. The summed E-state index contributed by atoms with van der Waals surface area (Å²) in [6, 6.07) is 22.4. The van der Waals surface area contributed by atoms with Gasteiger partial charge in [-0.25, -0.2) is 0 Å². The molecule has 0 N–H and O–H groups in total. The van der Waals surface area contributed by atoms with Crippen molar-refractivity contribution in [2.75, 3.05) is 27.4 Å². The van der Waals surface area contributed by atoms with E-state index in [1.807, 2.05) is 60.7 Å². The van der Waals surface area contributed by atoms with E-state index in [2.05, 4.69) is 0 Å². The van der Waals surface area contributed by atoms with Gasteiger partial charge in [0.2, 0.25) is 0 Å². The maximum Gasteiger partial charge on any atom is 0.182 e. The van der Waals surface area contributed by atoms with E-state index in [0.717, 1.165) is 11.3 Å². The molecule has 0 heterocycles. The maximum absolute atomic E-state index is 9.90. The smallest absolute Gasteiger partial charge is 0.182 e. The third-order valence-corrected chi connectivity index (χ3v) is 6.16. The fraction of sp³-hybridized carbons (Fsp3) is 0.308. The Morgan fingerprint density at radius 2 is 1.30 bits per heavy atom. The second-order valence-electron chi connectivity index (χ2n) is 7.63. The van der Waals surface area contributed by atoms with Crippen LogP contribution in [0.2, 0.25) is 0 Å². The molecule has 0 aromatic heterocycles. The fourth-order valence-corrected chi connectivity index (χ4v) is 4.38. The van der Waals surface area contributed by atoms with Crippen molar-refractivity contribution in [3.05, 3.63) is 65.7 Å². The fourth-order valence-electron chi connectivity index (χ4n) is 4.38. The first-order chi connectivity index (χ1) is 16.0. The van der Waals surface area contributed by atoms with E-state index in [-0.39, 0.29) is 13.2 Å². The minimum absolute atomic E-state index is 0.0515. The van der Waals surface area contributed by atoms with Crippen molar-refractivity contribution >= 4 is 6.08 Å². The zero-order valence-corrected chi connectivity index (χ0v) is 18.4. The maximum atomic E-state index is 9.90. The Morgan fingerprint density at radius 1 is 0.788 bits per heavy atom. The molecule has 0 aliphatic heterocycles. The molecule has 1 aliphatic rings. The van der Waals surface area contributed by atoms with Crippen molar-refractivity contribution < 1.29 is 14.2 Å². The van der Waals surface area contributed by atoms with E-state index in [1.54, 1.807) is 38.5 Å². The van der Waals surface area contributed by atoms with Gasteiger partial charge in [-0.05, 0) is 35.4 Å². The van der Waals surface area contributed by atoms with E-state index in [0.29, 0.717) is 11.3 Å². The Labute approximate surface area is 193 Å². The van der Waals surface area contributed by atoms with Gasteiger partial charge in [-0.15, -0.1) is 0 Å². The minimum atomic E-state index is -1.79. The van der Waals surface area contributed by atoms with Crippen LogP contribution in [0.1, 0.15) is 17.0 Å². The summed E-state index contributed by atoms with van der Waals surface area (Å²) < 4.78 is 16.1. The highest BCUT2D eigenvalue weighted by molar-refractivity contribution is 5.52. The molecule has 0 bridgehead atoms. The highest BCUT2D eigenvalue weighted by atomic mass is 16.5. The van der Waals surface area contributed by atoms with Gasteiger partial charge in [0, 0.05) is 11.8 Å². The summed E-state index contributed by atoms with van der Waals surface area (Å²) in [5.41, 5.74) is -1.93. The normalized spacial score (nSPS) is 19.8. The monoisotopic (exact) mass is 438 g/mol. The van der Waals surface area contributed by atoms with E-state index in [4.69, 9.17) is 14.2 Å². The predicted octanol–water partition coefficient (Wildman–Crippen LogP) is 4.21. The van der Waals surface area contributed by atoms with Crippen molar-refractivity contribution in [1.29, 1.82) is 21.0 Å². The van der Waals surface area contributed by atoms with Crippen molar-refractivity contribution in [2.24, 2.45) is 16.7 Å². The average Bonchev–Trinajstić information content (AvgIpc) is 2.87. The van der Waals surface area contributed by atoms with Gasteiger partial charge in [0.05, 0.1) is 51.7 Å². The van der Waals surface area contributed by atoms with Gasteiger partial charge in [-0.3, -0.25) is 0 Å². The number of hydrogen-bond acceptors (Lipinski definition) is 7. The number of nitriles is 4. The predicted molar refractivity (Wildman–Crippen MR) is 119 cm³/mol. The summed E-state index contributed by atoms with van der Waals surface area (Å²) in [7, 11) is 3.15. The third kappa shape index (κ3) is 3.88. The van der Waals surface area contributed by atoms with Crippen LogP contribution in [-0.2, 0) is 4.74 Å². The van der Waals surface area contributed by atoms with Crippen molar-refractivity contribution in [3.8, 4) is 35.8 Å². The lowest BCUT2D eigenvalue weighted by atomic mass is 9.38. The summed E-state index contributed by atoms with van der Waals surface area (Å²) in [5.74, 6) is 0.0968. The lowest BCUT2D eigenvalue weighted by Crippen LogP contribution is -2.63. The summed E-state index contributed by atoms with van der Waals surface area (Å²) in [6.07, 6.45) is 3.71. The molecule has 0 unspecified atom stereocenters. The summed E-state index contributed by atoms with van der Waals surface area (Å²) in [4.78, 5) is 0. The van der Waals surface area contributed by atoms with Gasteiger partial charge in [-0.2, -0.15) is 21.0 Å². The molecule has 2 aromatic carbocycles. The minimum Gasteiger partial charge on any atom is -0.497 e. The van der Waals surface area contributed by atoms with Gasteiger partial charge in [0.25, 0.3) is 0 Å². The van der Waals surface area contributed by atoms with Crippen LogP contribution >= 0.6 is 0 Å². The number of nitrogens with zero attached hydrogens (tertiary/aromatic N) is 4. The molecule has 3 rings (SSSR count). The molecule has 0 amide bonds. The first-order valence-electron chi connectivity index (χ1n) is 10.2. The van der Waals surface area contributed by atoms with E-state index >= 15 is 0 Å². The van der Waals surface area contributed by atoms with E-state index in [9.17, 15) is 21.0 Å². The van der Waals surface area contributed by atoms with Crippen LogP contribution in [-0.4, -0.2) is 27.4 Å². The van der Waals surface area contributed by atoms with Crippen molar-refractivity contribution in [2.45, 2.75) is 5.92 Å². The molecule has 1 aliphatic carbocycles. The van der Waals surface area contributed by atoms with Crippen LogP contribution in [0.5, 0.6) is 11.5 Å². The molecule has 7 nitrogen and oxygen atoms in total. The number of ether oxygens (including phenoxy) is 3. The Morgan fingerprint density at radius 3 is 1.79 bits per heavy atom. The first kappa shape index (κ1) is 23.4. The standard InChI is InChI=1S/C26H22N4O3/c1-31-21-9-5-19(6-10-21)4-3-13-33-14-23-24(20-7-11-22(32-2)12-8-20)26(17-29,18-30)25(23,15-27)16-28/h3-12,23-24H,13-14H2,1-2H3/b4-3+/t23-,24-/m1/s1. The Hall–Kier alpha value is -4.30. The molecular formula is C26H22N4O3. The third-order valence-electron chi connectivity index (χ3n) is 6.16. The molecular weight excluding hydrogens is 416 g/mol. The zero-order valence-electron chi connectivity index (χ0n) is 18.4. The van der Waals surface area contributed by atoms with Gasteiger partial charge >= 0.3 is 0 Å². The molecule has 0 spiro atoms. The average molecular weight is 438 g/mol. The van der Waals surface area contributed by atoms with Crippen LogP contribution in [0.3, 0.4) is 0 Å². The van der Waals surface area contributed by atoms with Crippen LogP contribution in [0, 0.1) is 62.1 Å². The van der Waals surface area contributed by atoms with Crippen LogP contribution in [0.4, 0.5) is 0 Å². The second kappa shape index (κ2) is 9.88. The second-order valence-corrected chi connectivity index (χ2v) is 7.63. The number of hydrogen-bond donors (Lipinski definition) is 0. The number of benzene rings is 2. The van der Waals surface area contributed by atoms with Crippen LogP contribution in [0.25, 0.3) is 6.08 Å². The topological polar surface area (TPSA) is 123 Å². The summed E-state index contributed by atoms with van der Waals surface area (Å²) in [6.45, 7) is 0.298. The summed E-state index contributed by atoms with van der Waals surface area (Å²) in [5, 5.41) is 39.5. The first-order valence-corrected chi connectivity index (χ1v) is 10.2. The molecule has 1 saturated carbocycles. The molecule has 1 fully saturated rings. The number of methoxy groups -OCH3 is 2.